The first kappa shape index (κ1) is 16.8. The molecule has 0 saturated heterocycles. The van der Waals surface area contributed by atoms with Crippen LogP contribution in [0.3, 0.4) is 0 Å². The molecule has 2 amide bonds. The summed E-state index contributed by atoms with van der Waals surface area (Å²) in [7, 11) is 0. The molecule has 6 nitrogen and oxygen atoms in total. The van der Waals surface area contributed by atoms with Gasteiger partial charge in [-0.1, -0.05) is 23.8 Å². The van der Waals surface area contributed by atoms with Gasteiger partial charge < -0.3 is 20.1 Å². The predicted octanol–water partition coefficient (Wildman–Crippen LogP) is 2.16. The summed E-state index contributed by atoms with van der Waals surface area (Å²) in [6.45, 7) is 4.17. The Labute approximate surface area is 146 Å². The van der Waals surface area contributed by atoms with Crippen LogP contribution in [-0.4, -0.2) is 24.6 Å². The van der Waals surface area contributed by atoms with E-state index in [2.05, 4.69) is 10.6 Å². The lowest BCUT2D eigenvalue weighted by Crippen LogP contribution is -2.44. The molecule has 0 radical (unpaired) electrons. The van der Waals surface area contributed by atoms with Gasteiger partial charge in [-0.2, -0.15) is 0 Å². The summed E-state index contributed by atoms with van der Waals surface area (Å²) in [4.78, 5) is 24.3. The van der Waals surface area contributed by atoms with Crippen LogP contribution in [0.5, 0.6) is 11.5 Å². The third kappa shape index (κ3) is 4.09. The molecule has 0 spiro atoms. The Morgan fingerprint density at radius 2 is 1.80 bits per heavy atom. The van der Waals surface area contributed by atoms with E-state index in [1.165, 1.54) is 0 Å². The van der Waals surface area contributed by atoms with Gasteiger partial charge in [0.2, 0.25) is 12.7 Å². The highest BCUT2D eigenvalue weighted by Gasteiger charge is 2.17. The molecule has 1 aliphatic heterocycles. The van der Waals surface area contributed by atoms with Crippen LogP contribution in [0.2, 0.25) is 0 Å². The Balaban J connectivity index is 1.52. The van der Waals surface area contributed by atoms with Crippen molar-refractivity contribution in [2.24, 2.45) is 0 Å². The number of fused-ring (bicyclic) bond motifs is 1. The van der Waals surface area contributed by atoms with Crippen molar-refractivity contribution in [2.45, 2.75) is 26.4 Å². The van der Waals surface area contributed by atoms with Crippen LogP contribution in [0.25, 0.3) is 0 Å². The molecule has 3 rings (SSSR count). The van der Waals surface area contributed by atoms with Crippen LogP contribution < -0.4 is 20.1 Å². The van der Waals surface area contributed by atoms with E-state index >= 15 is 0 Å². The van der Waals surface area contributed by atoms with Gasteiger partial charge in [-0.3, -0.25) is 9.59 Å². The SMILES string of the molecule is Cc1ccc(C(=O)N[C@@H](C)C(=O)NCc2ccc3c(c2)OCO3)cc1. The van der Waals surface area contributed by atoms with Crippen molar-refractivity contribution in [3.05, 3.63) is 59.2 Å². The number of hydrogen-bond acceptors (Lipinski definition) is 4. The molecule has 0 aromatic heterocycles. The average molecular weight is 340 g/mol. The molecule has 0 aliphatic carbocycles. The highest BCUT2D eigenvalue weighted by atomic mass is 16.7. The van der Waals surface area contributed by atoms with Gasteiger partial charge in [0, 0.05) is 12.1 Å². The fourth-order valence-electron chi connectivity index (χ4n) is 2.44. The zero-order valence-corrected chi connectivity index (χ0v) is 14.2. The highest BCUT2D eigenvalue weighted by molar-refractivity contribution is 5.97. The molecule has 2 N–H and O–H groups in total. The Morgan fingerprint density at radius 1 is 1.08 bits per heavy atom. The lowest BCUT2D eigenvalue weighted by atomic mass is 10.1. The van der Waals surface area contributed by atoms with Gasteiger partial charge in [0.05, 0.1) is 0 Å². The number of aryl methyl sites for hydroxylation is 1. The summed E-state index contributed by atoms with van der Waals surface area (Å²) >= 11 is 0. The maximum atomic E-state index is 12.2. The minimum atomic E-state index is -0.636. The van der Waals surface area contributed by atoms with Crippen LogP contribution in [0.4, 0.5) is 0 Å². The Kier molecular flexibility index (Phi) is 4.88. The molecule has 2 aromatic carbocycles. The normalized spacial score (nSPS) is 13.2. The third-order valence-electron chi connectivity index (χ3n) is 3.96. The first-order valence-corrected chi connectivity index (χ1v) is 8.07. The maximum absolute atomic E-state index is 12.2. The summed E-state index contributed by atoms with van der Waals surface area (Å²) in [5.41, 5.74) is 2.50. The average Bonchev–Trinajstić information content (AvgIpc) is 3.07. The van der Waals surface area contributed by atoms with E-state index in [-0.39, 0.29) is 18.6 Å². The standard InChI is InChI=1S/C19H20N2O4/c1-12-3-6-15(7-4-12)19(23)21-13(2)18(22)20-10-14-5-8-16-17(9-14)25-11-24-16/h3-9,13H,10-11H2,1-2H3,(H,20,22)(H,21,23)/t13-/m0/s1. The Hall–Kier alpha value is -3.02. The van der Waals surface area contributed by atoms with E-state index in [1.807, 2.05) is 37.3 Å². The first-order valence-electron chi connectivity index (χ1n) is 8.07. The van der Waals surface area contributed by atoms with Crippen molar-refractivity contribution in [2.75, 3.05) is 6.79 Å². The van der Waals surface area contributed by atoms with E-state index in [0.29, 0.717) is 23.6 Å². The summed E-state index contributed by atoms with van der Waals surface area (Å²) in [6, 6.07) is 12.1. The summed E-state index contributed by atoms with van der Waals surface area (Å²) < 4.78 is 10.6. The van der Waals surface area contributed by atoms with Crippen LogP contribution in [-0.2, 0) is 11.3 Å². The Bertz CT molecular complexity index is 787. The molecule has 6 heteroatoms. The predicted molar refractivity (Wildman–Crippen MR) is 92.5 cm³/mol. The number of ether oxygens (including phenoxy) is 2. The molecule has 2 aromatic rings. The first-order chi connectivity index (χ1) is 12.0. The van der Waals surface area contributed by atoms with E-state index in [0.717, 1.165) is 11.1 Å². The summed E-state index contributed by atoms with van der Waals surface area (Å²) in [5.74, 6) is 0.852. The zero-order chi connectivity index (χ0) is 17.8. The molecule has 130 valence electrons. The van der Waals surface area contributed by atoms with E-state index in [1.54, 1.807) is 19.1 Å². The monoisotopic (exact) mass is 340 g/mol. The molecule has 0 saturated carbocycles. The van der Waals surface area contributed by atoms with Gasteiger partial charge in [0.1, 0.15) is 6.04 Å². The topological polar surface area (TPSA) is 76.7 Å². The second-order valence-corrected chi connectivity index (χ2v) is 5.97. The molecule has 0 fully saturated rings. The number of hydrogen-bond donors (Lipinski definition) is 2. The van der Waals surface area contributed by atoms with Gasteiger partial charge in [-0.05, 0) is 43.7 Å². The van der Waals surface area contributed by atoms with Crippen LogP contribution in [0.15, 0.2) is 42.5 Å². The molecular formula is C19H20N2O4. The number of rotatable bonds is 5. The van der Waals surface area contributed by atoms with E-state index in [4.69, 9.17) is 9.47 Å². The third-order valence-corrected chi connectivity index (χ3v) is 3.96. The minimum absolute atomic E-state index is 0.215. The van der Waals surface area contributed by atoms with Crippen molar-refractivity contribution < 1.29 is 19.1 Å². The fraction of sp³-hybridized carbons (Fsp3) is 0.263. The smallest absolute Gasteiger partial charge is 0.251 e. The van der Waals surface area contributed by atoms with Crippen LogP contribution in [0, 0.1) is 6.92 Å². The van der Waals surface area contributed by atoms with Crippen LogP contribution >= 0.6 is 0 Å². The fourth-order valence-corrected chi connectivity index (χ4v) is 2.44. The quantitative estimate of drug-likeness (QED) is 0.874. The van der Waals surface area contributed by atoms with Crippen molar-refractivity contribution >= 4 is 11.8 Å². The number of carbonyl (C=O) groups excluding carboxylic acids is 2. The molecule has 1 heterocycles. The van der Waals surface area contributed by atoms with Crippen molar-refractivity contribution in [1.82, 2.24) is 10.6 Å². The van der Waals surface area contributed by atoms with Crippen molar-refractivity contribution in [1.29, 1.82) is 0 Å². The maximum Gasteiger partial charge on any atom is 0.251 e. The van der Waals surface area contributed by atoms with E-state index in [9.17, 15) is 9.59 Å². The van der Waals surface area contributed by atoms with Gasteiger partial charge in [-0.15, -0.1) is 0 Å². The van der Waals surface area contributed by atoms with Gasteiger partial charge >= 0.3 is 0 Å². The number of carbonyl (C=O) groups is 2. The minimum Gasteiger partial charge on any atom is -0.454 e. The number of amides is 2. The van der Waals surface area contributed by atoms with Crippen molar-refractivity contribution in [3.63, 3.8) is 0 Å². The molecule has 1 atom stereocenters. The molecule has 1 aliphatic rings. The lowest BCUT2D eigenvalue weighted by molar-refractivity contribution is -0.122. The van der Waals surface area contributed by atoms with Gasteiger partial charge in [-0.25, -0.2) is 0 Å². The second kappa shape index (κ2) is 7.25. The molecule has 0 bridgehead atoms. The van der Waals surface area contributed by atoms with Gasteiger partial charge in [0.15, 0.2) is 11.5 Å². The molecule has 25 heavy (non-hydrogen) atoms. The number of nitrogens with one attached hydrogen (secondary N) is 2. The van der Waals surface area contributed by atoms with Gasteiger partial charge in [0.25, 0.3) is 5.91 Å². The van der Waals surface area contributed by atoms with Crippen molar-refractivity contribution in [3.8, 4) is 11.5 Å². The zero-order valence-electron chi connectivity index (χ0n) is 14.2. The molecule has 0 unspecified atom stereocenters. The summed E-state index contributed by atoms with van der Waals surface area (Å²) in [6.07, 6.45) is 0. The molecular weight excluding hydrogens is 320 g/mol. The highest BCUT2D eigenvalue weighted by Crippen LogP contribution is 2.32. The summed E-state index contributed by atoms with van der Waals surface area (Å²) in [5, 5.41) is 5.50. The number of benzene rings is 2. The second-order valence-electron chi connectivity index (χ2n) is 5.97. The van der Waals surface area contributed by atoms with Crippen LogP contribution in [0.1, 0.15) is 28.4 Å². The largest absolute Gasteiger partial charge is 0.454 e. The lowest BCUT2D eigenvalue weighted by Gasteiger charge is -2.14. The Morgan fingerprint density at radius 3 is 2.56 bits per heavy atom. The van der Waals surface area contributed by atoms with E-state index < -0.39 is 6.04 Å².